The number of hydrogen-bond donors (Lipinski definition) is 4. The minimum Gasteiger partial charge on any atom is -0.399 e. The summed E-state index contributed by atoms with van der Waals surface area (Å²) in [5, 5.41) is 0. The smallest absolute Gasteiger partial charge is 0.0346 e. The highest BCUT2D eigenvalue weighted by atomic mass is 14.6. The molecule has 0 fully saturated rings. The quantitative estimate of drug-likeness (QED) is 0.230. The van der Waals surface area contributed by atoms with Crippen molar-refractivity contribution < 1.29 is 0 Å². The number of hydrogen-bond acceptors (Lipinski definition) is 4. The Morgan fingerprint density at radius 1 is 0.424 bits per heavy atom. The van der Waals surface area contributed by atoms with Crippen LogP contribution in [-0.2, 0) is 0 Å². The zero-order valence-electron chi connectivity index (χ0n) is 20.5. The van der Waals surface area contributed by atoms with Crippen LogP contribution in [0.5, 0.6) is 0 Å². The van der Waals surface area contributed by atoms with Crippen LogP contribution >= 0.6 is 0 Å². The molecule has 0 heterocycles. The van der Waals surface area contributed by atoms with Gasteiger partial charge in [0.2, 0.25) is 0 Å². The first kappa shape index (κ1) is 27.1. The van der Waals surface area contributed by atoms with Gasteiger partial charge < -0.3 is 22.9 Å². The number of rotatable bonds is 0. The van der Waals surface area contributed by atoms with Crippen molar-refractivity contribution in [1.82, 2.24) is 0 Å². The van der Waals surface area contributed by atoms with Gasteiger partial charge in [-0.3, -0.25) is 0 Å². The fraction of sp³-hybridized carbons (Fsp3) is 0.172. The number of anilines is 4. The van der Waals surface area contributed by atoms with Crippen LogP contribution in [0.15, 0.2) is 91.0 Å². The van der Waals surface area contributed by atoms with E-state index >= 15 is 0 Å². The van der Waals surface area contributed by atoms with E-state index in [4.69, 9.17) is 22.9 Å². The summed E-state index contributed by atoms with van der Waals surface area (Å²) in [6.07, 6.45) is 0. The van der Waals surface area contributed by atoms with Crippen molar-refractivity contribution in [2.24, 2.45) is 0 Å². The van der Waals surface area contributed by atoms with Crippen LogP contribution in [0.25, 0.3) is 0 Å². The van der Waals surface area contributed by atoms with Crippen molar-refractivity contribution in [1.29, 1.82) is 0 Å². The largest absolute Gasteiger partial charge is 0.399 e. The van der Waals surface area contributed by atoms with E-state index in [0.717, 1.165) is 33.9 Å². The van der Waals surface area contributed by atoms with Gasteiger partial charge in [-0.25, -0.2) is 0 Å². The van der Waals surface area contributed by atoms with Crippen LogP contribution in [0, 0.1) is 34.6 Å². The molecule has 0 atom stereocenters. The molecule has 0 saturated carbocycles. The predicted molar refractivity (Wildman–Crippen MR) is 147 cm³/mol. The zero-order chi connectivity index (χ0) is 24.8. The summed E-state index contributed by atoms with van der Waals surface area (Å²) in [4.78, 5) is 0. The molecule has 0 bridgehead atoms. The Morgan fingerprint density at radius 3 is 1.33 bits per heavy atom. The highest BCUT2D eigenvalue weighted by molar-refractivity contribution is 5.49. The molecule has 0 aliphatic heterocycles. The fourth-order valence-corrected chi connectivity index (χ4v) is 2.57. The topological polar surface area (TPSA) is 104 Å². The molecule has 0 saturated heterocycles. The molecule has 4 rings (SSSR count). The fourth-order valence-electron chi connectivity index (χ4n) is 2.57. The van der Waals surface area contributed by atoms with Gasteiger partial charge in [-0.05, 0) is 92.8 Å². The van der Waals surface area contributed by atoms with Crippen LogP contribution in [0.4, 0.5) is 22.7 Å². The summed E-state index contributed by atoms with van der Waals surface area (Å²) < 4.78 is 0. The molecule has 4 heteroatoms. The SMILES string of the molecule is Cc1ccc(C)c(N)c1.Cc1cccc(N)c1C.Cc1ccccc1N.Nc1ccccc1. The second-order valence-electron chi connectivity index (χ2n) is 7.92. The van der Waals surface area contributed by atoms with E-state index in [1.165, 1.54) is 16.7 Å². The van der Waals surface area contributed by atoms with Gasteiger partial charge in [0.05, 0.1) is 0 Å². The van der Waals surface area contributed by atoms with Crippen LogP contribution in [0.3, 0.4) is 0 Å². The van der Waals surface area contributed by atoms with Gasteiger partial charge in [-0.2, -0.15) is 0 Å². The van der Waals surface area contributed by atoms with Crippen LogP contribution in [-0.4, -0.2) is 0 Å². The standard InChI is InChI=1S/2C8H11N.C7H9N.C6H7N/c1-6-3-4-7(2)8(9)5-6;1-6-4-3-5-8(9)7(6)2;1-6-4-2-3-5-7(6)8;7-6-4-2-1-3-5-6/h2*3-5H,9H2,1-2H3;2-5H,8H2,1H3;1-5H,7H2. The van der Waals surface area contributed by atoms with Gasteiger partial charge in [-0.15, -0.1) is 0 Å². The Morgan fingerprint density at radius 2 is 0.939 bits per heavy atom. The number of nitrogens with two attached hydrogens (primary N) is 4. The van der Waals surface area contributed by atoms with Crippen molar-refractivity contribution in [2.75, 3.05) is 22.9 Å². The van der Waals surface area contributed by atoms with Crippen molar-refractivity contribution in [2.45, 2.75) is 34.6 Å². The first-order valence-corrected chi connectivity index (χ1v) is 10.9. The Balaban J connectivity index is 0.000000221. The van der Waals surface area contributed by atoms with Gasteiger partial charge in [0.1, 0.15) is 0 Å². The average molecular weight is 443 g/mol. The molecule has 8 N–H and O–H groups in total. The van der Waals surface area contributed by atoms with Crippen molar-refractivity contribution >= 4 is 22.7 Å². The molecule has 0 aromatic heterocycles. The maximum atomic E-state index is 5.62. The summed E-state index contributed by atoms with van der Waals surface area (Å²) in [5.74, 6) is 0. The summed E-state index contributed by atoms with van der Waals surface area (Å²) in [6, 6.07) is 29.3. The first-order chi connectivity index (χ1) is 15.6. The van der Waals surface area contributed by atoms with Crippen molar-refractivity contribution in [3.63, 3.8) is 0 Å². The van der Waals surface area contributed by atoms with Gasteiger partial charge in [0.15, 0.2) is 0 Å². The molecule has 0 aliphatic carbocycles. The molecule has 174 valence electrons. The van der Waals surface area contributed by atoms with Crippen molar-refractivity contribution in [3.05, 3.63) is 119 Å². The lowest BCUT2D eigenvalue weighted by Gasteiger charge is -2.00. The lowest BCUT2D eigenvalue weighted by molar-refractivity contribution is 1.35. The Bertz CT molecular complexity index is 1060. The monoisotopic (exact) mass is 442 g/mol. The molecular formula is C29H38N4. The Kier molecular flexibility index (Phi) is 11.7. The second kappa shape index (κ2) is 14.2. The Labute approximate surface area is 199 Å². The lowest BCUT2D eigenvalue weighted by Crippen LogP contribution is -1.90. The summed E-state index contributed by atoms with van der Waals surface area (Å²) in [6.45, 7) is 10.1. The minimum atomic E-state index is 0.822. The molecule has 0 unspecified atom stereocenters. The van der Waals surface area contributed by atoms with Crippen molar-refractivity contribution in [3.8, 4) is 0 Å². The number of aryl methyl sites for hydroxylation is 4. The third-order valence-corrected chi connectivity index (χ3v) is 5.07. The Hall–Kier alpha value is -3.92. The van der Waals surface area contributed by atoms with E-state index < -0.39 is 0 Å². The van der Waals surface area contributed by atoms with E-state index in [2.05, 4.69) is 19.1 Å². The highest BCUT2D eigenvalue weighted by Crippen LogP contribution is 2.13. The van der Waals surface area contributed by atoms with Gasteiger partial charge in [0.25, 0.3) is 0 Å². The average Bonchev–Trinajstić information content (AvgIpc) is 2.79. The lowest BCUT2D eigenvalue weighted by atomic mass is 10.1. The van der Waals surface area contributed by atoms with Crippen LogP contribution in [0.1, 0.15) is 27.8 Å². The zero-order valence-corrected chi connectivity index (χ0v) is 20.5. The molecule has 0 aliphatic rings. The summed E-state index contributed by atoms with van der Waals surface area (Å²) in [7, 11) is 0. The number of nitrogen functional groups attached to an aromatic ring is 4. The van der Waals surface area contributed by atoms with E-state index in [1.807, 2.05) is 107 Å². The molecule has 0 amide bonds. The van der Waals surface area contributed by atoms with Crippen LogP contribution < -0.4 is 22.9 Å². The normalized spacial score (nSPS) is 9.24. The van der Waals surface area contributed by atoms with Gasteiger partial charge >= 0.3 is 0 Å². The molecule has 0 radical (unpaired) electrons. The molecule has 4 aromatic carbocycles. The van der Waals surface area contributed by atoms with E-state index in [0.29, 0.717) is 0 Å². The van der Waals surface area contributed by atoms with E-state index in [1.54, 1.807) is 0 Å². The third kappa shape index (κ3) is 10.8. The van der Waals surface area contributed by atoms with Gasteiger partial charge in [0, 0.05) is 22.7 Å². The number of benzene rings is 4. The number of para-hydroxylation sites is 2. The van der Waals surface area contributed by atoms with Crippen LogP contribution in [0.2, 0.25) is 0 Å². The molecule has 4 nitrogen and oxygen atoms in total. The molecule has 4 aromatic rings. The van der Waals surface area contributed by atoms with Gasteiger partial charge in [-0.1, -0.05) is 60.7 Å². The van der Waals surface area contributed by atoms with E-state index in [-0.39, 0.29) is 0 Å². The first-order valence-electron chi connectivity index (χ1n) is 10.9. The molecule has 33 heavy (non-hydrogen) atoms. The minimum absolute atomic E-state index is 0.822. The maximum absolute atomic E-state index is 5.62. The summed E-state index contributed by atoms with van der Waals surface area (Å²) in [5.41, 5.74) is 31.5. The highest BCUT2D eigenvalue weighted by Gasteiger charge is 1.92. The van der Waals surface area contributed by atoms with E-state index in [9.17, 15) is 0 Å². The summed E-state index contributed by atoms with van der Waals surface area (Å²) >= 11 is 0. The molecule has 0 spiro atoms. The second-order valence-corrected chi connectivity index (χ2v) is 7.92. The molecular weight excluding hydrogens is 404 g/mol. The third-order valence-electron chi connectivity index (χ3n) is 5.07. The maximum Gasteiger partial charge on any atom is 0.0346 e. The predicted octanol–water partition coefficient (Wildman–Crippen LogP) is 6.62.